The molecule has 2 amide bonds. The molecule has 8 heteroatoms. The first-order chi connectivity index (χ1) is 11.7. The van der Waals surface area contributed by atoms with Crippen LogP contribution in [0.4, 0.5) is 0 Å². The summed E-state index contributed by atoms with van der Waals surface area (Å²) in [5.41, 5.74) is 0.482. The lowest BCUT2D eigenvalue weighted by Crippen LogP contribution is -2.38. The van der Waals surface area contributed by atoms with Crippen LogP contribution in [0, 0.1) is 0 Å². The summed E-state index contributed by atoms with van der Waals surface area (Å²) >= 11 is 0. The molecule has 1 heterocycles. The zero-order valence-electron chi connectivity index (χ0n) is 14.9. The molecule has 0 saturated heterocycles. The number of carbonyl (C=O) groups is 2. The molecule has 0 aliphatic heterocycles. The topological polar surface area (TPSA) is 88.0 Å². The van der Waals surface area contributed by atoms with Crippen LogP contribution in [0.5, 0.6) is 0 Å². The van der Waals surface area contributed by atoms with Gasteiger partial charge in [0.15, 0.2) is 0 Å². The lowest BCUT2D eigenvalue weighted by molar-refractivity contribution is -0.122. The Labute approximate surface area is 155 Å². The van der Waals surface area contributed by atoms with Crippen molar-refractivity contribution in [3.8, 4) is 0 Å². The van der Waals surface area contributed by atoms with Gasteiger partial charge in [-0.15, -0.1) is 12.4 Å². The minimum absolute atomic E-state index is 0. The second-order valence-electron chi connectivity index (χ2n) is 6.33. The summed E-state index contributed by atoms with van der Waals surface area (Å²) in [6, 6.07) is 0.292. The highest BCUT2D eigenvalue weighted by atomic mass is 35.5. The van der Waals surface area contributed by atoms with Crippen molar-refractivity contribution in [2.45, 2.75) is 58.0 Å². The fourth-order valence-electron chi connectivity index (χ4n) is 2.90. The maximum Gasteiger partial charge on any atom is 0.254 e. The van der Waals surface area contributed by atoms with E-state index in [9.17, 15) is 9.59 Å². The molecule has 0 bridgehead atoms. The molecule has 25 heavy (non-hydrogen) atoms. The summed E-state index contributed by atoms with van der Waals surface area (Å²) in [4.78, 5) is 24.1. The average Bonchev–Trinajstić information content (AvgIpc) is 3.04. The van der Waals surface area contributed by atoms with E-state index in [2.05, 4.69) is 28.0 Å². The molecule has 1 aliphatic rings. The van der Waals surface area contributed by atoms with Crippen molar-refractivity contribution in [1.29, 1.82) is 0 Å². The van der Waals surface area contributed by atoms with Crippen LogP contribution in [0.3, 0.4) is 0 Å². The van der Waals surface area contributed by atoms with Crippen LogP contribution < -0.4 is 16.0 Å². The monoisotopic (exact) mass is 371 g/mol. The Balaban J connectivity index is 0.00000312. The van der Waals surface area contributed by atoms with Gasteiger partial charge in [-0.25, -0.2) is 0 Å². The number of nitrogens with zero attached hydrogens (tertiary/aromatic N) is 2. The fraction of sp³-hybridized carbons (Fsp3) is 0.706. The molecule has 142 valence electrons. The summed E-state index contributed by atoms with van der Waals surface area (Å²) in [5, 5.41) is 13.2. The van der Waals surface area contributed by atoms with Crippen molar-refractivity contribution in [1.82, 2.24) is 25.7 Å². The van der Waals surface area contributed by atoms with Gasteiger partial charge in [-0.1, -0.05) is 26.2 Å². The normalized spacial score (nSPS) is 14.6. The largest absolute Gasteiger partial charge is 0.352 e. The molecule has 0 unspecified atom stereocenters. The highest BCUT2D eigenvalue weighted by Gasteiger charge is 2.16. The van der Waals surface area contributed by atoms with E-state index in [4.69, 9.17) is 0 Å². The van der Waals surface area contributed by atoms with Gasteiger partial charge in [0.25, 0.3) is 5.91 Å². The molecule has 1 aliphatic carbocycles. The van der Waals surface area contributed by atoms with Gasteiger partial charge in [-0.2, -0.15) is 5.10 Å². The number of amides is 2. The molecule has 1 saturated carbocycles. The molecule has 0 radical (unpaired) electrons. The van der Waals surface area contributed by atoms with Crippen LogP contribution in [0.25, 0.3) is 0 Å². The molecule has 1 aromatic heterocycles. The van der Waals surface area contributed by atoms with Crippen LogP contribution in [0.15, 0.2) is 12.4 Å². The second-order valence-corrected chi connectivity index (χ2v) is 6.33. The SMILES string of the molecule is CCCNCCNC(=O)c1cnn(CC(=O)NC2CCCCC2)c1.Cl. The minimum Gasteiger partial charge on any atom is -0.352 e. The molecule has 7 nitrogen and oxygen atoms in total. The first-order valence-corrected chi connectivity index (χ1v) is 8.99. The highest BCUT2D eigenvalue weighted by molar-refractivity contribution is 5.93. The smallest absolute Gasteiger partial charge is 0.254 e. The van der Waals surface area contributed by atoms with E-state index < -0.39 is 0 Å². The predicted molar refractivity (Wildman–Crippen MR) is 100.0 cm³/mol. The maximum absolute atomic E-state index is 12.1. The Hall–Kier alpha value is -1.60. The quantitative estimate of drug-likeness (QED) is 0.574. The number of halogens is 1. The average molecular weight is 372 g/mol. The Kier molecular flexibility index (Phi) is 10.2. The van der Waals surface area contributed by atoms with Crippen molar-refractivity contribution in [3.05, 3.63) is 18.0 Å². The summed E-state index contributed by atoms with van der Waals surface area (Å²) in [6.07, 6.45) is 9.95. The predicted octanol–water partition coefficient (Wildman–Crippen LogP) is 1.48. The van der Waals surface area contributed by atoms with Gasteiger partial charge in [0.2, 0.25) is 5.91 Å². The number of hydrogen-bond donors (Lipinski definition) is 3. The van der Waals surface area contributed by atoms with Gasteiger partial charge in [0.1, 0.15) is 6.54 Å². The highest BCUT2D eigenvalue weighted by Crippen LogP contribution is 2.17. The second kappa shape index (κ2) is 11.9. The molecule has 0 spiro atoms. The van der Waals surface area contributed by atoms with E-state index in [0.29, 0.717) is 18.2 Å². The van der Waals surface area contributed by atoms with Gasteiger partial charge in [0.05, 0.1) is 11.8 Å². The van der Waals surface area contributed by atoms with Crippen LogP contribution >= 0.6 is 12.4 Å². The van der Waals surface area contributed by atoms with Crippen molar-refractivity contribution < 1.29 is 9.59 Å². The van der Waals surface area contributed by atoms with Crippen molar-refractivity contribution in [2.24, 2.45) is 0 Å². The Morgan fingerprint density at radius 1 is 1.20 bits per heavy atom. The van der Waals surface area contributed by atoms with Crippen molar-refractivity contribution in [3.63, 3.8) is 0 Å². The summed E-state index contributed by atoms with van der Waals surface area (Å²) in [7, 11) is 0. The van der Waals surface area contributed by atoms with E-state index in [1.807, 2.05) is 0 Å². The van der Waals surface area contributed by atoms with Gasteiger partial charge >= 0.3 is 0 Å². The number of nitrogens with one attached hydrogen (secondary N) is 3. The van der Waals surface area contributed by atoms with E-state index in [0.717, 1.165) is 32.4 Å². The number of carbonyl (C=O) groups excluding carboxylic acids is 2. The molecule has 1 aromatic rings. The molecular weight excluding hydrogens is 342 g/mol. The lowest BCUT2D eigenvalue weighted by Gasteiger charge is -2.22. The van der Waals surface area contributed by atoms with Gasteiger partial charge in [-0.05, 0) is 25.8 Å². The minimum atomic E-state index is -0.160. The molecule has 0 atom stereocenters. The summed E-state index contributed by atoms with van der Waals surface area (Å²) < 4.78 is 1.52. The van der Waals surface area contributed by atoms with E-state index in [1.54, 1.807) is 6.20 Å². The third kappa shape index (κ3) is 7.88. The van der Waals surface area contributed by atoms with Crippen LogP contribution in [0.2, 0.25) is 0 Å². The van der Waals surface area contributed by atoms with Crippen LogP contribution in [-0.2, 0) is 11.3 Å². The van der Waals surface area contributed by atoms with Gasteiger partial charge in [-0.3, -0.25) is 14.3 Å². The van der Waals surface area contributed by atoms with Gasteiger partial charge < -0.3 is 16.0 Å². The van der Waals surface area contributed by atoms with Crippen LogP contribution in [0.1, 0.15) is 55.8 Å². The van der Waals surface area contributed by atoms with Crippen LogP contribution in [-0.4, -0.2) is 47.3 Å². The zero-order chi connectivity index (χ0) is 17.2. The first kappa shape index (κ1) is 21.4. The lowest BCUT2D eigenvalue weighted by atomic mass is 9.95. The number of rotatable bonds is 9. The standard InChI is InChI=1S/C17H29N5O2.ClH/c1-2-8-18-9-10-19-17(24)14-11-20-22(12-14)13-16(23)21-15-6-4-3-5-7-15;/h11-12,15,18H,2-10,13H2,1H3,(H,19,24)(H,21,23);1H. The summed E-state index contributed by atoms with van der Waals surface area (Å²) in [5.74, 6) is -0.201. The fourth-order valence-corrected chi connectivity index (χ4v) is 2.90. The molecule has 2 rings (SSSR count). The molecular formula is C17H30ClN5O2. The Bertz CT molecular complexity index is 529. The third-order valence-corrected chi connectivity index (χ3v) is 4.19. The van der Waals surface area contributed by atoms with E-state index in [-0.39, 0.29) is 30.8 Å². The van der Waals surface area contributed by atoms with Crippen molar-refractivity contribution >= 4 is 24.2 Å². The molecule has 3 N–H and O–H groups in total. The Morgan fingerprint density at radius 2 is 1.96 bits per heavy atom. The molecule has 1 fully saturated rings. The van der Waals surface area contributed by atoms with E-state index >= 15 is 0 Å². The zero-order valence-corrected chi connectivity index (χ0v) is 15.7. The number of aromatic nitrogens is 2. The van der Waals surface area contributed by atoms with E-state index in [1.165, 1.54) is 30.1 Å². The summed E-state index contributed by atoms with van der Waals surface area (Å²) in [6.45, 7) is 4.53. The third-order valence-electron chi connectivity index (χ3n) is 4.19. The molecule has 0 aromatic carbocycles. The first-order valence-electron chi connectivity index (χ1n) is 8.99. The van der Waals surface area contributed by atoms with Crippen molar-refractivity contribution in [2.75, 3.05) is 19.6 Å². The Morgan fingerprint density at radius 3 is 2.68 bits per heavy atom. The van der Waals surface area contributed by atoms with Gasteiger partial charge in [0, 0.05) is 25.3 Å². The number of hydrogen-bond acceptors (Lipinski definition) is 4. The maximum atomic E-state index is 12.1.